The van der Waals surface area contributed by atoms with E-state index in [4.69, 9.17) is 4.42 Å². The van der Waals surface area contributed by atoms with Crippen LogP contribution in [0.15, 0.2) is 22.8 Å². The van der Waals surface area contributed by atoms with Gasteiger partial charge in [-0.3, -0.25) is 10.00 Å². The molecule has 21 heavy (non-hydrogen) atoms. The van der Waals surface area contributed by atoms with Gasteiger partial charge in [-0.1, -0.05) is 12.8 Å². The lowest BCUT2D eigenvalue weighted by atomic mass is 10.1. The van der Waals surface area contributed by atoms with Gasteiger partial charge < -0.3 is 4.42 Å². The van der Waals surface area contributed by atoms with Crippen LogP contribution in [0, 0.1) is 0 Å². The Morgan fingerprint density at radius 2 is 2.19 bits per heavy atom. The van der Waals surface area contributed by atoms with Gasteiger partial charge in [-0.2, -0.15) is 5.10 Å². The first-order valence-electron chi connectivity index (χ1n) is 8.09. The molecule has 0 bridgehead atoms. The minimum atomic E-state index is 0.372. The molecule has 0 aromatic carbocycles. The van der Waals surface area contributed by atoms with Gasteiger partial charge in [0, 0.05) is 5.92 Å². The largest absolute Gasteiger partial charge is 0.468 e. The topological polar surface area (TPSA) is 58.0 Å². The molecule has 1 aliphatic heterocycles. The van der Waals surface area contributed by atoms with Crippen LogP contribution < -0.4 is 0 Å². The average Bonchev–Trinajstić information content (AvgIpc) is 3.09. The summed E-state index contributed by atoms with van der Waals surface area (Å²) >= 11 is 0. The van der Waals surface area contributed by atoms with Crippen molar-refractivity contribution >= 4 is 0 Å². The Morgan fingerprint density at radius 3 is 3.00 bits per heavy atom. The van der Waals surface area contributed by atoms with Crippen molar-refractivity contribution in [3.05, 3.63) is 35.8 Å². The fourth-order valence-corrected chi connectivity index (χ4v) is 3.26. The van der Waals surface area contributed by atoms with Crippen LogP contribution in [0.2, 0.25) is 0 Å². The number of nitrogens with zero attached hydrogens (tertiary/aromatic N) is 3. The van der Waals surface area contributed by atoms with Crippen LogP contribution in [-0.4, -0.2) is 26.6 Å². The highest BCUT2D eigenvalue weighted by atomic mass is 16.3. The van der Waals surface area contributed by atoms with Gasteiger partial charge >= 0.3 is 0 Å². The summed E-state index contributed by atoms with van der Waals surface area (Å²) in [6.07, 6.45) is 9.26. The summed E-state index contributed by atoms with van der Waals surface area (Å²) in [5.74, 6) is 3.70. The molecule has 1 saturated heterocycles. The lowest BCUT2D eigenvalue weighted by Gasteiger charge is -2.27. The molecule has 2 aromatic heterocycles. The van der Waals surface area contributed by atoms with E-state index in [1.54, 1.807) is 6.26 Å². The Hall–Kier alpha value is -1.62. The standard InChI is InChI=1S/C16H22N4O/c1-2-5-13(14-6-4-10-21-14)20(9-3-1)11-15-17-16(19-18-15)12-7-8-12/h4,6,10,12-13H,1-3,5,7-9,11H2,(H,17,18,19). The number of aromatic nitrogens is 3. The molecule has 1 aliphatic carbocycles. The van der Waals surface area contributed by atoms with Crippen molar-refractivity contribution in [2.45, 2.75) is 57.0 Å². The highest BCUT2D eigenvalue weighted by molar-refractivity contribution is 5.07. The van der Waals surface area contributed by atoms with Crippen molar-refractivity contribution in [1.82, 2.24) is 20.1 Å². The van der Waals surface area contributed by atoms with E-state index < -0.39 is 0 Å². The van der Waals surface area contributed by atoms with E-state index in [1.165, 1.54) is 32.1 Å². The maximum atomic E-state index is 5.66. The van der Waals surface area contributed by atoms with E-state index in [2.05, 4.69) is 26.1 Å². The molecule has 3 heterocycles. The van der Waals surface area contributed by atoms with Crippen LogP contribution >= 0.6 is 0 Å². The number of rotatable bonds is 4. The minimum Gasteiger partial charge on any atom is -0.468 e. The van der Waals surface area contributed by atoms with Crippen LogP contribution in [0.5, 0.6) is 0 Å². The van der Waals surface area contributed by atoms with Crippen LogP contribution in [0.3, 0.4) is 0 Å². The molecular formula is C16H22N4O. The van der Waals surface area contributed by atoms with Crippen molar-refractivity contribution in [2.24, 2.45) is 0 Å². The van der Waals surface area contributed by atoms with Gasteiger partial charge in [-0.15, -0.1) is 0 Å². The molecule has 1 N–H and O–H groups in total. The van der Waals surface area contributed by atoms with E-state index in [0.29, 0.717) is 12.0 Å². The third-order valence-electron chi connectivity index (χ3n) is 4.58. The molecule has 112 valence electrons. The molecule has 5 nitrogen and oxygen atoms in total. The molecule has 1 unspecified atom stereocenters. The molecule has 2 aromatic rings. The Labute approximate surface area is 124 Å². The van der Waals surface area contributed by atoms with Crippen molar-refractivity contribution in [2.75, 3.05) is 6.54 Å². The molecule has 2 aliphatic rings. The predicted octanol–water partition coefficient (Wildman–Crippen LogP) is 3.39. The Kier molecular flexibility index (Phi) is 3.51. The van der Waals surface area contributed by atoms with Gasteiger partial charge in [0.15, 0.2) is 5.82 Å². The normalized spacial score (nSPS) is 24.1. The molecule has 0 spiro atoms. The number of hydrogen-bond acceptors (Lipinski definition) is 4. The third-order valence-corrected chi connectivity index (χ3v) is 4.58. The average molecular weight is 286 g/mol. The lowest BCUT2D eigenvalue weighted by molar-refractivity contribution is 0.165. The van der Waals surface area contributed by atoms with Crippen molar-refractivity contribution < 1.29 is 4.42 Å². The second-order valence-corrected chi connectivity index (χ2v) is 6.27. The zero-order chi connectivity index (χ0) is 14.1. The summed E-state index contributed by atoms with van der Waals surface area (Å²) in [5, 5.41) is 7.50. The summed E-state index contributed by atoms with van der Waals surface area (Å²) < 4.78 is 5.66. The van der Waals surface area contributed by atoms with Crippen molar-refractivity contribution in [3.63, 3.8) is 0 Å². The van der Waals surface area contributed by atoms with Crippen LogP contribution in [-0.2, 0) is 6.54 Å². The number of nitrogens with one attached hydrogen (secondary N) is 1. The summed E-state index contributed by atoms with van der Waals surface area (Å²) in [7, 11) is 0. The zero-order valence-corrected chi connectivity index (χ0v) is 12.3. The van der Waals surface area contributed by atoms with Crippen LogP contribution in [0.25, 0.3) is 0 Å². The molecular weight excluding hydrogens is 264 g/mol. The first-order valence-corrected chi connectivity index (χ1v) is 8.09. The number of aromatic amines is 1. The van der Waals surface area contributed by atoms with Gasteiger partial charge in [-0.05, 0) is 44.4 Å². The third kappa shape index (κ3) is 2.88. The molecule has 2 fully saturated rings. The number of H-pyrrole nitrogens is 1. The Balaban J connectivity index is 1.51. The quantitative estimate of drug-likeness (QED) is 0.936. The summed E-state index contributed by atoms with van der Waals surface area (Å²) in [4.78, 5) is 7.16. The van der Waals surface area contributed by atoms with Crippen LogP contribution in [0.4, 0.5) is 0 Å². The Bertz CT molecular complexity index is 573. The van der Waals surface area contributed by atoms with E-state index in [0.717, 1.165) is 36.9 Å². The summed E-state index contributed by atoms with van der Waals surface area (Å²) in [5.41, 5.74) is 0. The maximum Gasteiger partial charge on any atom is 0.153 e. The maximum absolute atomic E-state index is 5.66. The highest BCUT2D eigenvalue weighted by Crippen LogP contribution is 2.38. The highest BCUT2D eigenvalue weighted by Gasteiger charge is 2.29. The molecule has 4 rings (SSSR count). The minimum absolute atomic E-state index is 0.372. The summed E-state index contributed by atoms with van der Waals surface area (Å²) in [6.45, 7) is 1.94. The van der Waals surface area contributed by atoms with Gasteiger partial charge in [0.1, 0.15) is 11.6 Å². The van der Waals surface area contributed by atoms with Gasteiger partial charge in [0.25, 0.3) is 0 Å². The van der Waals surface area contributed by atoms with Crippen molar-refractivity contribution in [3.8, 4) is 0 Å². The summed E-state index contributed by atoms with van der Waals surface area (Å²) in [6, 6.07) is 4.45. The molecule has 0 radical (unpaired) electrons. The van der Waals surface area contributed by atoms with E-state index in [-0.39, 0.29) is 0 Å². The molecule has 1 saturated carbocycles. The van der Waals surface area contributed by atoms with Gasteiger partial charge in [0.2, 0.25) is 0 Å². The number of furan rings is 1. The van der Waals surface area contributed by atoms with Crippen molar-refractivity contribution in [1.29, 1.82) is 0 Å². The van der Waals surface area contributed by atoms with E-state index in [9.17, 15) is 0 Å². The number of hydrogen-bond donors (Lipinski definition) is 1. The fraction of sp³-hybridized carbons (Fsp3) is 0.625. The van der Waals surface area contributed by atoms with Gasteiger partial charge in [-0.25, -0.2) is 4.98 Å². The monoisotopic (exact) mass is 286 g/mol. The fourth-order valence-electron chi connectivity index (χ4n) is 3.26. The second kappa shape index (κ2) is 5.64. The Morgan fingerprint density at radius 1 is 1.24 bits per heavy atom. The smallest absolute Gasteiger partial charge is 0.153 e. The van der Waals surface area contributed by atoms with E-state index >= 15 is 0 Å². The SMILES string of the molecule is c1coc(C2CCCCCN2Cc2nc(C3CC3)n[nH]2)c1. The first-order chi connectivity index (χ1) is 10.4. The van der Waals surface area contributed by atoms with E-state index in [1.807, 2.05) is 6.07 Å². The lowest BCUT2D eigenvalue weighted by Crippen LogP contribution is -2.28. The predicted molar refractivity (Wildman–Crippen MR) is 78.7 cm³/mol. The molecule has 1 atom stereocenters. The number of likely N-dealkylation sites (tertiary alicyclic amines) is 1. The molecule has 5 heteroatoms. The first kappa shape index (κ1) is 13.1. The second-order valence-electron chi connectivity index (χ2n) is 6.27. The van der Waals surface area contributed by atoms with Crippen LogP contribution in [0.1, 0.15) is 67.9 Å². The molecule has 0 amide bonds. The van der Waals surface area contributed by atoms with Gasteiger partial charge in [0.05, 0.1) is 18.8 Å². The zero-order valence-electron chi connectivity index (χ0n) is 12.3.